The minimum absolute atomic E-state index is 0.282. The van der Waals surface area contributed by atoms with Crippen LogP contribution < -0.4 is 14.4 Å². The number of aryl methyl sites for hydroxylation is 1. The predicted octanol–water partition coefficient (Wildman–Crippen LogP) is 2.72. The molecule has 0 radical (unpaired) electrons. The molecule has 8 heteroatoms. The second-order valence-electron chi connectivity index (χ2n) is 5.76. The largest absolute Gasteiger partial charge is 0.492 e. The fourth-order valence-electron chi connectivity index (χ4n) is 2.26. The van der Waals surface area contributed by atoms with E-state index < -0.39 is 15.9 Å². The number of carbonyl (C=O) groups is 1. The van der Waals surface area contributed by atoms with Crippen LogP contribution in [0.25, 0.3) is 0 Å². The van der Waals surface area contributed by atoms with Crippen molar-refractivity contribution in [1.82, 2.24) is 5.32 Å². The number of anilines is 1. The summed E-state index contributed by atoms with van der Waals surface area (Å²) in [5, 5.41) is 2.67. The average Bonchev–Trinajstić information content (AvgIpc) is 2.57. The summed E-state index contributed by atoms with van der Waals surface area (Å²) in [6.07, 6.45) is 1.07. The van der Waals surface area contributed by atoms with Crippen LogP contribution in [0.3, 0.4) is 0 Å². The fraction of sp³-hybridized carbons (Fsp3) is 0.278. The second kappa shape index (κ2) is 9.05. The molecule has 0 saturated carbocycles. The van der Waals surface area contributed by atoms with Crippen LogP contribution in [0.5, 0.6) is 5.75 Å². The van der Waals surface area contributed by atoms with E-state index in [-0.39, 0.29) is 13.1 Å². The number of sulfonamides is 1. The molecule has 0 aliphatic heterocycles. The standard InChI is InChI=1S/C18H21BrN2O4S/c1-14-4-3-5-17(12-14)25-11-10-20-18(22)13-21(26(2,23)24)16-8-6-15(19)7-9-16/h3-9,12H,10-11,13H2,1-2H3,(H,20,22). The van der Waals surface area contributed by atoms with E-state index in [0.717, 1.165) is 26.3 Å². The number of carbonyl (C=O) groups excluding carboxylic acids is 1. The van der Waals surface area contributed by atoms with Crippen molar-refractivity contribution < 1.29 is 17.9 Å². The topological polar surface area (TPSA) is 75.7 Å². The Labute approximate surface area is 162 Å². The molecule has 1 amide bonds. The van der Waals surface area contributed by atoms with E-state index in [1.165, 1.54) is 0 Å². The Morgan fingerprint density at radius 3 is 2.50 bits per heavy atom. The van der Waals surface area contributed by atoms with Gasteiger partial charge in [0.25, 0.3) is 0 Å². The van der Waals surface area contributed by atoms with Gasteiger partial charge in [0.1, 0.15) is 18.9 Å². The van der Waals surface area contributed by atoms with Gasteiger partial charge in [-0.25, -0.2) is 8.42 Å². The van der Waals surface area contributed by atoms with Gasteiger partial charge in [0.05, 0.1) is 18.5 Å². The number of nitrogens with one attached hydrogen (secondary N) is 1. The molecule has 0 fully saturated rings. The zero-order valence-electron chi connectivity index (χ0n) is 14.6. The quantitative estimate of drug-likeness (QED) is 0.640. The summed E-state index contributed by atoms with van der Waals surface area (Å²) in [6, 6.07) is 14.3. The van der Waals surface area contributed by atoms with Crippen LogP contribution in [-0.2, 0) is 14.8 Å². The first-order valence-electron chi connectivity index (χ1n) is 7.95. The Bertz CT molecular complexity index is 854. The molecule has 0 unspecified atom stereocenters. The lowest BCUT2D eigenvalue weighted by Gasteiger charge is -2.22. The number of nitrogens with zero attached hydrogens (tertiary/aromatic N) is 1. The Balaban J connectivity index is 1.88. The molecule has 0 bridgehead atoms. The fourth-order valence-corrected chi connectivity index (χ4v) is 3.38. The highest BCUT2D eigenvalue weighted by Crippen LogP contribution is 2.20. The third-order valence-corrected chi connectivity index (χ3v) is 5.15. The third-order valence-electron chi connectivity index (χ3n) is 3.48. The van der Waals surface area contributed by atoms with Gasteiger partial charge in [-0.3, -0.25) is 9.10 Å². The molecule has 6 nitrogen and oxygen atoms in total. The molecular weight excluding hydrogens is 420 g/mol. The Morgan fingerprint density at radius 2 is 1.88 bits per heavy atom. The molecule has 2 rings (SSSR count). The molecule has 0 atom stereocenters. The Morgan fingerprint density at radius 1 is 1.19 bits per heavy atom. The molecule has 0 aromatic heterocycles. The Hall–Kier alpha value is -2.06. The van der Waals surface area contributed by atoms with Crippen LogP contribution in [0, 0.1) is 6.92 Å². The first-order valence-corrected chi connectivity index (χ1v) is 10.6. The summed E-state index contributed by atoms with van der Waals surface area (Å²) < 4.78 is 31.5. The summed E-state index contributed by atoms with van der Waals surface area (Å²) in [5.74, 6) is 0.332. The van der Waals surface area contributed by atoms with E-state index in [1.54, 1.807) is 24.3 Å². The van der Waals surface area contributed by atoms with E-state index in [2.05, 4.69) is 21.2 Å². The summed E-state index contributed by atoms with van der Waals surface area (Å²) in [6.45, 7) is 2.26. The average molecular weight is 441 g/mol. The maximum Gasteiger partial charge on any atom is 0.240 e. The molecule has 2 aromatic carbocycles. The van der Waals surface area contributed by atoms with Crippen molar-refractivity contribution in [2.75, 3.05) is 30.3 Å². The normalized spacial score (nSPS) is 11.0. The summed E-state index contributed by atoms with van der Waals surface area (Å²) in [4.78, 5) is 12.1. The van der Waals surface area contributed by atoms with Gasteiger partial charge >= 0.3 is 0 Å². The SMILES string of the molecule is Cc1cccc(OCCNC(=O)CN(c2ccc(Br)cc2)S(C)(=O)=O)c1. The molecular formula is C18H21BrN2O4S. The predicted molar refractivity (Wildman–Crippen MR) is 106 cm³/mol. The number of amides is 1. The highest BCUT2D eigenvalue weighted by molar-refractivity contribution is 9.10. The lowest BCUT2D eigenvalue weighted by molar-refractivity contribution is -0.119. The van der Waals surface area contributed by atoms with Crippen molar-refractivity contribution in [3.05, 3.63) is 58.6 Å². The van der Waals surface area contributed by atoms with Crippen LogP contribution in [0.1, 0.15) is 5.56 Å². The van der Waals surface area contributed by atoms with Crippen LogP contribution in [-0.4, -0.2) is 40.3 Å². The summed E-state index contributed by atoms with van der Waals surface area (Å²) in [7, 11) is -3.58. The number of ether oxygens (including phenoxy) is 1. The van der Waals surface area contributed by atoms with Crippen LogP contribution >= 0.6 is 15.9 Å². The van der Waals surface area contributed by atoms with E-state index >= 15 is 0 Å². The molecule has 1 N–H and O–H groups in total. The van der Waals surface area contributed by atoms with Crippen molar-refractivity contribution in [2.24, 2.45) is 0 Å². The zero-order valence-corrected chi connectivity index (χ0v) is 17.0. The molecule has 0 aliphatic carbocycles. The maximum absolute atomic E-state index is 12.1. The lowest BCUT2D eigenvalue weighted by Crippen LogP contribution is -2.41. The van der Waals surface area contributed by atoms with Gasteiger partial charge in [0.15, 0.2) is 0 Å². The zero-order chi connectivity index (χ0) is 19.2. The second-order valence-corrected chi connectivity index (χ2v) is 8.58. The lowest BCUT2D eigenvalue weighted by atomic mass is 10.2. The molecule has 26 heavy (non-hydrogen) atoms. The third kappa shape index (κ3) is 6.34. The monoisotopic (exact) mass is 440 g/mol. The van der Waals surface area contributed by atoms with Gasteiger partial charge in [0, 0.05) is 4.47 Å². The summed E-state index contributed by atoms with van der Waals surface area (Å²) >= 11 is 3.30. The number of benzene rings is 2. The van der Waals surface area contributed by atoms with Crippen LogP contribution in [0.15, 0.2) is 53.0 Å². The minimum atomic E-state index is -3.58. The molecule has 0 spiro atoms. The number of halogens is 1. The van der Waals surface area contributed by atoms with Gasteiger partial charge in [-0.2, -0.15) is 0 Å². The van der Waals surface area contributed by atoms with Gasteiger partial charge in [-0.1, -0.05) is 28.1 Å². The highest BCUT2D eigenvalue weighted by atomic mass is 79.9. The van der Waals surface area contributed by atoms with Crippen LogP contribution in [0.2, 0.25) is 0 Å². The van der Waals surface area contributed by atoms with Crippen molar-refractivity contribution in [2.45, 2.75) is 6.92 Å². The molecule has 0 saturated heterocycles. The van der Waals surface area contributed by atoms with Crippen molar-refractivity contribution in [3.63, 3.8) is 0 Å². The number of hydrogen-bond acceptors (Lipinski definition) is 4. The first kappa shape index (κ1) is 20.3. The highest BCUT2D eigenvalue weighted by Gasteiger charge is 2.20. The Kier molecular flexibility index (Phi) is 7.05. The smallest absolute Gasteiger partial charge is 0.240 e. The summed E-state index contributed by atoms with van der Waals surface area (Å²) in [5.41, 5.74) is 1.52. The van der Waals surface area contributed by atoms with E-state index in [4.69, 9.17) is 4.74 Å². The molecule has 0 aliphatic rings. The molecule has 140 valence electrons. The van der Waals surface area contributed by atoms with Gasteiger partial charge in [-0.15, -0.1) is 0 Å². The maximum atomic E-state index is 12.1. The van der Waals surface area contributed by atoms with E-state index in [9.17, 15) is 13.2 Å². The van der Waals surface area contributed by atoms with Crippen molar-refractivity contribution in [1.29, 1.82) is 0 Å². The molecule has 2 aromatic rings. The van der Waals surface area contributed by atoms with Gasteiger partial charge in [-0.05, 0) is 48.9 Å². The van der Waals surface area contributed by atoms with E-state index in [0.29, 0.717) is 12.3 Å². The van der Waals surface area contributed by atoms with Crippen molar-refractivity contribution >= 4 is 37.5 Å². The van der Waals surface area contributed by atoms with Crippen molar-refractivity contribution in [3.8, 4) is 5.75 Å². The number of rotatable bonds is 8. The first-order chi connectivity index (χ1) is 12.3. The van der Waals surface area contributed by atoms with Gasteiger partial charge < -0.3 is 10.1 Å². The van der Waals surface area contributed by atoms with Gasteiger partial charge in [0.2, 0.25) is 15.9 Å². The van der Waals surface area contributed by atoms with E-state index in [1.807, 2.05) is 31.2 Å². The molecule has 0 heterocycles. The number of hydrogen-bond donors (Lipinski definition) is 1. The van der Waals surface area contributed by atoms with Crippen LogP contribution in [0.4, 0.5) is 5.69 Å². The minimum Gasteiger partial charge on any atom is -0.492 e.